The number of hydrogen-bond acceptors (Lipinski definition) is 6. The van der Waals surface area contributed by atoms with Gasteiger partial charge in [0.05, 0.1) is 33.8 Å². The fraction of sp³-hybridized carbons (Fsp3) is 0.556. The van der Waals surface area contributed by atoms with Gasteiger partial charge in [-0.15, -0.1) is 0 Å². The number of carbonyl (C=O) groups is 2. The molecule has 0 unspecified atom stereocenters. The van der Waals surface area contributed by atoms with E-state index in [4.69, 9.17) is 19.0 Å². The maximum atomic E-state index is 12.3. The molecule has 0 aromatic heterocycles. The fourth-order valence-corrected chi connectivity index (χ4v) is 2.18. The number of nitrogens with one attached hydrogen (secondary N) is 1. The molecule has 1 N–H and O–H groups in total. The van der Waals surface area contributed by atoms with Crippen molar-refractivity contribution in [2.24, 2.45) is 0 Å². The highest BCUT2D eigenvalue weighted by Gasteiger charge is 2.25. The quantitative estimate of drug-likeness (QED) is 0.745. The zero-order chi connectivity index (χ0) is 19.9. The van der Waals surface area contributed by atoms with E-state index in [1.165, 1.54) is 28.4 Å². The summed E-state index contributed by atoms with van der Waals surface area (Å²) in [6, 6.07) is 4.54. The van der Waals surface area contributed by atoms with Gasteiger partial charge in [-0.1, -0.05) is 6.07 Å². The number of hydrogen-bond donors (Lipinski definition) is 1. The van der Waals surface area contributed by atoms with Crippen molar-refractivity contribution in [1.29, 1.82) is 0 Å². The van der Waals surface area contributed by atoms with Crippen molar-refractivity contribution >= 4 is 12.0 Å². The molecule has 0 spiro atoms. The maximum Gasteiger partial charge on any atom is 0.408 e. The van der Waals surface area contributed by atoms with Gasteiger partial charge < -0.3 is 19.5 Å². The summed E-state index contributed by atoms with van der Waals surface area (Å²) in [5.41, 5.74) is 0.0193. The minimum Gasteiger partial charge on any atom is -0.493 e. The Kier molecular flexibility index (Phi) is 7.70. The first-order valence-corrected chi connectivity index (χ1v) is 8.13. The van der Waals surface area contributed by atoms with Gasteiger partial charge in [-0.25, -0.2) is 9.86 Å². The van der Waals surface area contributed by atoms with Crippen molar-refractivity contribution in [1.82, 2.24) is 10.4 Å². The van der Waals surface area contributed by atoms with Gasteiger partial charge in [0.25, 0.3) is 0 Å². The minimum atomic E-state index is -0.653. The lowest BCUT2D eigenvalue weighted by Crippen LogP contribution is -2.37. The summed E-state index contributed by atoms with van der Waals surface area (Å²) < 4.78 is 15.8. The number of hydroxylamine groups is 2. The van der Waals surface area contributed by atoms with E-state index < -0.39 is 17.7 Å². The molecule has 1 aromatic rings. The van der Waals surface area contributed by atoms with E-state index in [9.17, 15) is 9.59 Å². The Labute approximate surface area is 154 Å². The minimum absolute atomic E-state index is 0.0148. The largest absolute Gasteiger partial charge is 0.493 e. The zero-order valence-electron chi connectivity index (χ0n) is 16.4. The van der Waals surface area contributed by atoms with Crippen molar-refractivity contribution < 1.29 is 28.6 Å². The van der Waals surface area contributed by atoms with Crippen LogP contribution in [-0.2, 0) is 14.4 Å². The molecular weight excluding hydrogens is 340 g/mol. The summed E-state index contributed by atoms with van der Waals surface area (Å²) in [5.74, 6) is 0.740. The van der Waals surface area contributed by atoms with Crippen molar-refractivity contribution in [3.05, 3.63) is 23.8 Å². The normalized spacial score (nSPS) is 12.1. The van der Waals surface area contributed by atoms with E-state index in [-0.39, 0.29) is 12.3 Å². The van der Waals surface area contributed by atoms with Gasteiger partial charge in [0, 0.05) is 7.05 Å². The zero-order valence-corrected chi connectivity index (χ0v) is 16.4. The Morgan fingerprint density at radius 1 is 1.12 bits per heavy atom. The molecule has 0 saturated heterocycles. The van der Waals surface area contributed by atoms with Gasteiger partial charge in [-0.2, -0.15) is 0 Å². The lowest BCUT2D eigenvalue weighted by Gasteiger charge is -2.25. The first-order valence-electron chi connectivity index (χ1n) is 8.13. The fourth-order valence-electron chi connectivity index (χ4n) is 2.18. The van der Waals surface area contributed by atoms with Crippen LogP contribution in [0, 0.1) is 0 Å². The van der Waals surface area contributed by atoms with Crippen LogP contribution in [-0.4, -0.2) is 51.0 Å². The maximum absolute atomic E-state index is 12.3. The van der Waals surface area contributed by atoms with Crippen molar-refractivity contribution in [3.8, 4) is 11.5 Å². The van der Waals surface area contributed by atoms with E-state index in [0.717, 1.165) is 5.06 Å². The van der Waals surface area contributed by atoms with Crippen LogP contribution >= 0.6 is 0 Å². The molecule has 0 fully saturated rings. The van der Waals surface area contributed by atoms with Crippen LogP contribution in [0.2, 0.25) is 0 Å². The number of methoxy groups -OCH3 is 2. The van der Waals surface area contributed by atoms with Crippen LogP contribution in [0.25, 0.3) is 0 Å². The Balaban J connectivity index is 3.10. The van der Waals surface area contributed by atoms with E-state index in [1.54, 1.807) is 39.0 Å². The van der Waals surface area contributed by atoms with Gasteiger partial charge in [-0.3, -0.25) is 9.63 Å². The van der Waals surface area contributed by atoms with Gasteiger partial charge in [0.2, 0.25) is 5.91 Å². The molecule has 0 bridgehead atoms. The van der Waals surface area contributed by atoms with E-state index >= 15 is 0 Å². The van der Waals surface area contributed by atoms with Crippen LogP contribution in [0.5, 0.6) is 11.5 Å². The molecule has 1 aromatic carbocycles. The number of alkyl carbamates (subject to hydrolysis) is 1. The molecule has 0 aliphatic rings. The van der Waals surface area contributed by atoms with Crippen molar-refractivity contribution in [2.45, 2.75) is 38.8 Å². The first-order chi connectivity index (χ1) is 12.1. The molecule has 0 saturated carbocycles. The predicted molar refractivity (Wildman–Crippen MR) is 96.1 cm³/mol. The third-order valence-corrected chi connectivity index (χ3v) is 3.50. The Morgan fingerprint density at radius 2 is 1.73 bits per heavy atom. The molecule has 26 heavy (non-hydrogen) atoms. The Morgan fingerprint density at radius 3 is 2.23 bits per heavy atom. The second-order valence-electron chi connectivity index (χ2n) is 6.59. The third kappa shape index (κ3) is 6.44. The van der Waals surface area contributed by atoms with Gasteiger partial charge >= 0.3 is 6.09 Å². The number of amides is 2. The molecule has 1 rings (SSSR count). The molecule has 146 valence electrons. The van der Waals surface area contributed by atoms with Crippen LogP contribution in [0.3, 0.4) is 0 Å². The SMILES string of the molecule is COc1ccc([C@H](CC(=O)N(C)OC)NC(=O)OC(C)(C)C)cc1OC. The highest BCUT2D eigenvalue weighted by molar-refractivity contribution is 5.77. The molecule has 0 aliphatic heterocycles. The highest BCUT2D eigenvalue weighted by Crippen LogP contribution is 2.31. The van der Waals surface area contributed by atoms with E-state index in [1.807, 2.05) is 0 Å². The molecule has 0 aliphatic carbocycles. The Hall–Kier alpha value is -2.48. The number of ether oxygens (including phenoxy) is 3. The molecule has 1 atom stereocenters. The smallest absolute Gasteiger partial charge is 0.408 e. The summed E-state index contributed by atoms with van der Waals surface area (Å²) >= 11 is 0. The average Bonchev–Trinajstić information content (AvgIpc) is 2.57. The molecule has 0 heterocycles. The third-order valence-electron chi connectivity index (χ3n) is 3.50. The van der Waals surface area contributed by atoms with Crippen LogP contribution in [0.1, 0.15) is 38.8 Å². The predicted octanol–water partition coefficient (Wildman–Crippen LogP) is 2.68. The van der Waals surface area contributed by atoms with E-state index in [2.05, 4.69) is 5.32 Å². The second kappa shape index (κ2) is 9.28. The van der Waals surface area contributed by atoms with Crippen LogP contribution in [0.4, 0.5) is 4.79 Å². The van der Waals surface area contributed by atoms with Gasteiger partial charge in [0.1, 0.15) is 5.60 Å². The van der Waals surface area contributed by atoms with Crippen molar-refractivity contribution in [2.75, 3.05) is 28.4 Å². The molecule has 0 radical (unpaired) electrons. The lowest BCUT2D eigenvalue weighted by atomic mass is 10.0. The van der Waals surface area contributed by atoms with Crippen LogP contribution in [0.15, 0.2) is 18.2 Å². The molecule has 8 heteroatoms. The van der Waals surface area contributed by atoms with Gasteiger partial charge in [-0.05, 0) is 38.5 Å². The Bertz CT molecular complexity index is 627. The first kappa shape index (κ1) is 21.6. The molecular formula is C18H28N2O6. The second-order valence-corrected chi connectivity index (χ2v) is 6.59. The molecule has 8 nitrogen and oxygen atoms in total. The number of rotatable bonds is 7. The van der Waals surface area contributed by atoms with Crippen molar-refractivity contribution in [3.63, 3.8) is 0 Å². The lowest BCUT2D eigenvalue weighted by molar-refractivity contribution is -0.169. The standard InChI is InChI=1S/C18H28N2O6/c1-18(2,3)26-17(22)19-13(11-16(21)20(4)25-7)12-8-9-14(23-5)15(10-12)24-6/h8-10,13H,11H2,1-7H3,(H,19,22)/t13-/m0/s1. The summed E-state index contributed by atoms with van der Waals surface area (Å²) in [6.07, 6.45) is -0.635. The number of benzene rings is 1. The monoisotopic (exact) mass is 368 g/mol. The molecule has 2 amide bonds. The summed E-state index contributed by atoms with van der Waals surface area (Å²) in [4.78, 5) is 29.4. The summed E-state index contributed by atoms with van der Waals surface area (Å²) in [7, 11) is 5.94. The van der Waals surface area contributed by atoms with Crippen LogP contribution < -0.4 is 14.8 Å². The highest BCUT2D eigenvalue weighted by atomic mass is 16.7. The average molecular weight is 368 g/mol. The van der Waals surface area contributed by atoms with E-state index in [0.29, 0.717) is 17.1 Å². The topological polar surface area (TPSA) is 86.3 Å². The summed E-state index contributed by atoms with van der Waals surface area (Å²) in [5, 5.41) is 3.83. The van der Waals surface area contributed by atoms with Gasteiger partial charge in [0.15, 0.2) is 11.5 Å². The number of carbonyl (C=O) groups excluding carboxylic acids is 2. The summed E-state index contributed by atoms with van der Waals surface area (Å²) in [6.45, 7) is 5.30. The number of nitrogens with zero attached hydrogens (tertiary/aromatic N) is 1.